The number of aliphatic carboxylic acids is 1. The van der Waals surface area contributed by atoms with Crippen LogP contribution in [-0.2, 0) is 9.53 Å². The number of nitrogens with one attached hydrogen (secondary N) is 1. The van der Waals surface area contributed by atoms with E-state index in [0.29, 0.717) is 19.7 Å². The van der Waals surface area contributed by atoms with E-state index in [1.807, 2.05) is 13.8 Å². The molecule has 2 N–H and O–H groups in total. The van der Waals surface area contributed by atoms with Crippen molar-refractivity contribution in [3.8, 4) is 0 Å². The molecule has 0 heterocycles. The third-order valence-electron chi connectivity index (χ3n) is 1.52. The van der Waals surface area contributed by atoms with E-state index >= 15 is 0 Å². The lowest BCUT2D eigenvalue weighted by atomic mass is 10.3. The Morgan fingerprint density at radius 3 is 2.77 bits per heavy atom. The first-order valence-electron chi connectivity index (χ1n) is 4.31. The highest BCUT2D eigenvalue weighted by Gasteiger charge is 2.04. The van der Waals surface area contributed by atoms with Crippen molar-refractivity contribution in [2.24, 2.45) is 0 Å². The van der Waals surface area contributed by atoms with Gasteiger partial charge in [-0.2, -0.15) is 0 Å². The van der Waals surface area contributed by atoms with Crippen LogP contribution in [0.25, 0.3) is 0 Å². The van der Waals surface area contributed by atoms with Crippen molar-refractivity contribution in [2.45, 2.75) is 20.0 Å². The predicted molar refractivity (Wildman–Crippen MR) is 50.7 cm³/mol. The molecule has 0 spiro atoms. The van der Waals surface area contributed by atoms with Crippen LogP contribution in [-0.4, -0.2) is 36.9 Å². The Bertz CT molecular complexity index is 180. The van der Waals surface area contributed by atoms with Gasteiger partial charge in [-0.1, -0.05) is 6.58 Å². The maximum atomic E-state index is 10.3. The molecule has 4 heteroatoms. The van der Waals surface area contributed by atoms with Gasteiger partial charge in [-0.3, -0.25) is 0 Å². The van der Waals surface area contributed by atoms with Gasteiger partial charge in [0.2, 0.25) is 0 Å². The third-order valence-corrected chi connectivity index (χ3v) is 1.52. The topological polar surface area (TPSA) is 58.6 Å². The fourth-order valence-corrected chi connectivity index (χ4v) is 0.845. The number of carboxylic acid groups (broad SMARTS) is 1. The van der Waals surface area contributed by atoms with Crippen LogP contribution in [0.15, 0.2) is 12.2 Å². The first-order valence-corrected chi connectivity index (χ1v) is 4.31. The molecule has 4 nitrogen and oxygen atoms in total. The lowest BCUT2D eigenvalue weighted by Crippen LogP contribution is -2.29. The number of rotatable bonds is 7. The Hall–Kier alpha value is -0.870. The summed E-state index contributed by atoms with van der Waals surface area (Å²) in [4.78, 5) is 10.3. The number of hydrogen-bond donors (Lipinski definition) is 2. The lowest BCUT2D eigenvalue weighted by molar-refractivity contribution is -0.132. The summed E-state index contributed by atoms with van der Waals surface area (Å²) >= 11 is 0. The summed E-state index contributed by atoms with van der Waals surface area (Å²) in [6, 6.07) is 0. The minimum absolute atomic E-state index is 0.103. The molecule has 0 aliphatic rings. The van der Waals surface area contributed by atoms with Crippen LogP contribution < -0.4 is 5.32 Å². The van der Waals surface area contributed by atoms with E-state index in [0.717, 1.165) is 0 Å². The Morgan fingerprint density at radius 2 is 2.31 bits per heavy atom. The monoisotopic (exact) mass is 187 g/mol. The summed E-state index contributed by atoms with van der Waals surface area (Å²) < 4.78 is 5.24. The average Bonchev–Trinajstić information content (AvgIpc) is 2.04. The fourth-order valence-electron chi connectivity index (χ4n) is 0.845. The van der Waals surface area contributed by atoms with Gasteiger partial charge in [0.05, 0.1) is 6.10 Å². The number of carboxylic acids is 1. The van der Waals surface area contributed by atoms with Gasteiger partial charge in [0.15, 0.2) is 0 Å². The van der Waals surface area contributed by atoms with Gasteiger partial charge in [-0.25, -0.2) is 4.79 Å². The van der Waals surface area contributed by atoms with Crippen LogP contribution in [0.1, 0.15) is 13.8 Å². The largest absolute Gasteiger partial charge is 0.478 e. The molecule has 0 radical (unpaired) electrons. The van der Waals surface area contributed by atoms with Gasteiger partial charge >= 0.3 is 5.97 Å². The smallest absolute Gasteiger partial charge is 0.332 e. The molecule has 0 amide bonds. The van der Waals surface area contributed by atoms with Crippen LogP contribution in [0.2, 0.25) is 0 Å². The quantitative estimate of drug-likeness (QED) is 0.574. The van der Waals surface area contributed by atoms with Crippen LogP contribution in [0.4, 0.5) is 0 Å². The second-order valence-corrected chi connectivity index (χ2v) is 2.81. The first-order chi connectivity index (χ1) is 6.07. The molecular formula is C9H17NO3. The Morgan fingerprint density at radius 1 is 1.69 bits per heavy atom. The van der Waals surface area contributed by atoms with E-state index in [1.54, 1.807) is 0 Å². The fraction of sp³-hybridized carbons (Fsp3) is 0.667. The van der Waals surface area contributed by atoms with E-state index in [4.69, 9.17) is 9.84 Å². The molecule has 0 aliphatic heterocycles. The highest BCUT2D eigenvalue weighted by Crippen LogP contribution is 1.90. The lowest BCUT2D eigenvalue weighted by Gasteiger charge is -2.12. The minimum Gasteiger partial charge on any atom is -0.478 e. The summed E-state index contributed by atoms with van der Waals surface area (Å²) in [5.41, 5.74) is 0.170. The zero-order chi connectivity index (χ0) is 10.3. The molecule has 76 valence electrons. The Balaban J connectivity index is 3.44. The van der Waals surface area contributed by atoms with Crippen molar-refractivity contribution in [3.05, 3.63) is 12.2 Å². The summed E-state index contributed by atoms with van der Waals surface area (Å²) in [5, 5.41) is 11.4. The van der Waals surface area contributed by atoms with E-state index in [2.05, 4.69) is 11.9 Å². The number of ether oxygens (including phenoxy) is 1. The molecule has 0 bridgehead atoms. The van der Waals surface area contributed by atoms with Gasteiger partial charge in [0.1, 0.15) is 0 Å². The molecule has 0 rings (SSSR count). The van der Waals surface area contributed by atoms with Crippen molar-refractivity contribution < 1.29 is 14.6 Å². The summed E-state index contributed by atoms with van der Waals surface area (Å²) in [6.07, 6.45) is 0.103. The van der Waals surface area contributed by atoms with E-state index in [9.17, 15) is 4.79 Å². The van der Waals surface area contributed by atoms with Gasteiger partial charge in [-0.05, 0) is 13.8 Å². The molecule has 0 aromatic rings. The normalized spacial score (nSPS) is 12.5. The average molecular weight is 187 g/mol. The molecule has 0 saturated heterocycles. The highest BCUT2D eigenvalue weighted by molar-refractivity contribution is 5.86. The molecule has 1 atom stereocenters. The van der Waals surface area contributed by atoms with Crippen molar-refractivity contribution in [3.63, 3.8) is 0 Å². The maximum Gasteiger partial charge on any atom is 0.332 e. The van der Waals surface area contributed by atoms with Gasteiger partial charge in [0.25, 0.3) is 0 Å². The van der Waals surface area contributed by atoms with Crippen molar-refractivity contribution in [1.29, 1.82) is 0 Å². The third kappa shape index (κ3) is 6.31. The minimum atomic E-state index is -0.962. The molecule has 0 aromatic carbocycles. The summed E-state index contributed by atoms with van der Waals surface area (Å²) in [7, 11) is 0. The molecule has 0 fully saturated rings. The number of carbonyl (C=O) groups is 1. The van der Waals surface area contributed by atoms with Gasteiger partial charge in [-0.15, -0.1) is 0 Å². The standard InChI is InChI=1S/C9H17NO3/c1-4-13-8(3)6-10-5-7(2)9(11)12/h8,10H,2,4-6H2,1,3H3,(H,11,12). The van der Waals surface area contributed by atoms with Crippen molar-refractivity contribution in [2.75, 3.05) is 19.7 Å². The van der Waals surface area contributed by atoms with Crippen LogP contribution in [0.5, 0.6) is 0 Å². The molecule has 0 aromatic heterocycles. The molecule has 0 saturated carbocycles. The Labute approximate surface area is 78.6 Å². The van der Waals surface area contributed by atoms with Crippen LogP contribution in [0, 0.1) is 0 Å². The second kappa shape index (κ2) is 6.62. The number of hydrogen-bond acceptors (Lipinski definition) is 3. The molecular weight excluding hydrogens is 170 g/mol. The zero-order valence-electron chi connectivity index (χ0n) is 8.17. The Kier molecular flexibility index (Phi) is 6.18. The second-order valence-electron chi connectivity index (χ2n) is 2.81. The highest BCUT2D eigenvalue weighted by atomic mass is 16.5. The van der Waals surface area contributed by atoms with Crippen LogP contribution in [0.3, 0.4) is 0 Å². The first kappa shape index (κ1) is 12.1. The SMILES string of the molecule is C=C(CNCC(C)OCC)C(=O)O. The van der Waals surface area contributed by atoms with Gasteiger partial charge < -0.3 is 15.2 Å². The van der Waals surface area contributed by atoms with E-state index < -0.39 is 5.97 Å². The summed E-state index contributed by atoms with van der Waals surface area (Å²) in [5.74, 6) is -0.962. The van der Waals surface area contributed by atoms with Gasteiger partial charge in [0, 0.05) is 25.3 Å². The predicted octanol–water partition coefficient (Wildman–Crippen LogP) is 0.642. The molecule has 1 unspecified atom stereocenters. The molecule has 13 heavy (non-hydrogen) atoms. The van der Waals surface area contributed by atoms with Crippen molar-refractivity contribution >= 4 is 5.97 Å². The maximum absolute atomic E-state index is 10.3. The zero-order valence-corrected chi connectivity index (χ0v) is 8.17. The van der Waals surface area contributed by atoms with Crippen molar-refractivity contribution in [1.82, 2.24) is 5.32 Å². The van der Waals surface area contributed by atoms with Crippen LogP contribution >= 0.6 is 0 Å². The molecule has 0 aliphatic carbocycles. The summed E-state index contributed by atoms with van der Waals surface area (Å²) in [6.45, 7) is 8.85. The van der Waals surface area contributed by atoms with E-state index in [1.165, 1.54) is 0 Å². The van der Waals surface area contributed by atoms with E-state index in [-0.39, 0.29) is 11.7 Å².